The highest BCUT2D eigenvalue weighted by atomic mass is 16.5. The minimum absolute atomic E-state index is 0.187. The average Bonchev–Trinajstić information content (AvgIpc) is 2.41. The second-order valence-corrected chi connectivity index (χ2v) is 4.77. The van der Waals surface area contributed by atoms with Gasteiger partial charge in [0.1, 0.15) is 0 Å². The van der Waals surface area contributed by atoms with Crippen LogP contribution in [-0.4, -0.2) is 53.6 Å². The van der Waals surface area contributed by atoms with Crippen molar-refractivity contribution in [3.63, 3.8) is 0 Å². The van der Waals surface area contributed by atoms with Crippen molar-refractivity contribution in [2.75, 3.05) is 32.1 Å². The molecule has 1 saturated heterocycles. The first kappa shape index (κ1) is 14.3. The topological polar surface area (TPSA) is 113 Å². The zero-order valence-corrected chi connectivity index (χ0v) is 11.4. The Hall–Kier alpha value is -2.09. The number of aromatic amines is 1. The van der Waals surface area contributed by atoms with Gasteiger partial charge in [0, 0.05) is 19.1 Å². The number of hydrogen-bond donors (Lipinski definition) is 3. The van der Waals surface area contributed by atoms with E-state index in [9.17, 15) is 9.59 Å². The summed E-state index contributed by atoms with van der Waals surface area (Å²) in [5.74, 6) is 0.325. The molecule has 1 aliphatic heterocycles. The quantitative estimate of drug-likeness (QED) is 0.647. The summed E-state index contributed by atoms with van der Waals surface area (Å²) >= 11 is 0. The van der Waals surface area contributed by atoms with Gasteiger partial charge in [0.25, 0.3) is 5.56 Å². The van der Waals surface area contributed by atoms with Crippen LogP contribution in [0, 0.1) is 0 Å². The van der Waals surface area contributed by atoms with Crippen molar-refractivity contribution in [1.29, 1.82) is 0 Å². The molecule has 1 amide bonds. The summed E-state index contributed by atoms with van der Waals surface area (Å²) in [6, 6.07) is 0.197. The van der Waals surface area contributed by atoms with Crippen LogP contribution in [0.2, 0.25) is 0 Å². The third-order valence-corrected chi connectivity index (χ3v) is 3.32. The second-order valence-electron chi connectivity index (χ2n) is 4.77. The Morgan fingerprint density at radius 2 is 2.30 bits per heavy atom. The minimum Gasteiger partial charge on any atom is -0.489 e. The Morgan fingerprint density at radius 1 is 1.60 bits per heavy atom. The van der Waals surface area contributed by atoms with Gasteiger partial charge in [-0.15, -0.1) is 0 Å². The Labute approximate surface area is 116 Å². The normalized spacial score (nSPS) is 16.9. The van der Waals surface area contributed by atoms with Crippen LogP contribution in [0.4, 0.5) is 5.82 Å². The Morgan fingerprint density at radius 3 is 2.90 bits per heavy atom. The standard InChI is InChI=1S/C12H19N5O3/c1-20-10-11(14-7-15-12(10)19)16-8-2-4-17(5-3-8)6-9(13)18/h7-8H,2-6H2,1H3,(H2,13,18)(H2,14,15,16,19). The van der Waals surface area contributed by atoms with Crippen LogP contribution in [0.15, 0.2) is 11.1 Å². The largest absolute Gasteiger partial charge is 0.489 e. The van der Waals surface area contributed by atoms with Gasteiger partial charge >= 0.3 is 0 Å². The van der Waals surface area contributed by atoms with Crippen LogP contribution in [-0.2, 0) is 4.79 Å². The van der Waals surface area contributed by atoms with Crippen molar-refractivity contribution in [3.05, 3.63) is 16.7 Å². The van der Waals surface area contributed by atoms with Crippen LogP contribution >= 0.6 is 0 Å². The molecule has 0 saturated carbocycles. The second kappa shape index (κ2) is 6.38. The zero-order valence-electron chi connectivity index (χ0n) is 11.4. The number of nitrogens with two attached hydrogens (primary N) is 1. The van der Waals surface area contributed by atoms with Crippen LogP contribution in [0.1, 0.15) is 12.8 Å². The highest BCUT2D eigenvalue weighted by molar-refractivity contribution is 5.75. The summed E-state index contributed by atoms with van der Waals surface area (Å²) in [5, 5.41) is 3.22. The first-order valence-corrected chi connectivity index (χ1v) is 6.49. The number of rotatable bonds is 5. The van der Waals surface area contributed by atoms with E-state index in [1.54, 1.807) is 0 Å². The number of primary amides is 1. The van der Waals surface area contributed by atoms with Gasteiger partial charge in [-0.1, -0.05) is 0 Å². The molecule has 1 aromatic rings. The van der Waals surface area contributed by atoms with Crippen LogP contribution in [0.5, 0.6) is 5.75 Å². The number of carbonyl (C=O) groups is 1. The molecule has 20 heavy (non-hydrogen) atoms. The van der Waals surface area contributed by atoms with E-state index in [0.29, 0.717) is 12.4 Å². The van der Waals surface area contributed by atoms with Gasteiger partial charge in [-0.25, -0.2) is 4.98 Å². The highest BCUT2D eigenvalue weighted by Gasteiger charge is 2.21. The summed E-state index contributed by atoms with van der Waals surface area (Å²) in [7, 11) is 1.44. The van der Waals surface area contributed by atoms with Crippen molar-refractivity contribution >= 4 is 11.7 Å². The van der Waals surface area contributed by atoms with Crippen molar-refractivity contribution in [2.24, 2.45) is 5.73 Å². The van der Waals surface area contributed by atoms with Crippen molar-refractivity contribution < 1.29 is 9.53 Å². The number of hydrogen-bond acceptors (Lipinski definition) is 6. The van der Waals surface area contributed by atoms with Crippen LogP contribution in [0.25, 0.3) is 0 Å². The molecule has 0 atom stereocenters. The van der Waals surface area contributed by atoms with Gasteiger partial charge in [-0.05, 0) is 12.8 Å². The zero-order chi connectivity index (χ0) is 14.5. The molecule has 0 aliphatic carbocycles. The number of methoxy groups -OCH3 is 1. The van der Waals surface area contributed by atoms with Crippen molar-refractivity contribution in [1.82, 2.24) is 14.9 Å². The van der Waals surface area contributed by atoms with E-state index in [-0.39, 0.29) is 23.3 Å². The minimum atomic E-state index is -0.311. The van der Waals surface area contributed by atoms with E-state index in [2.05, 4.69) is 15.3 Å². The van der Waals surface area contributed by atoms with Crippen LogP contribution in [0.3, 0.4) is 0 Å². The average molecular weight is 281 g/mol. The Kier molecular flexibility index (Phi) is 4.57. The molecule has 110 valence electrons. The molecular weight excluding hydrogens is 262 g/mol. The van der Waals surface area contributed by atoms with Gasteiger partial charge in [0.15, 0.2) is 5.82 Å². The SMILES string of the molecule is COc1c(NC2CCN(CC(N)=O)CC2)nc[nH]c1=O. The molecule has 2 heterocycles. The number of H-pyrrole nitrogens is 1. The lowest BCUT2D eigenvalue weighted by Gasteiger charge is -2.31. The molecule has 1 aliphatic rings. The summed E-state index contributed by atoms with van der Waals surface area (Å²) in [4.78, 5) is 31.0. The van der Waals surface area contributed by atoms with Crippen molar-refractivity contribution in [3.8, 4) is 5.75 Å². The third kappa shape index (κ3) is 3.47. The van der Waals surface area contributed by atoms with Crippen molar-refractivity contribution in [2.45, 2.75) is 18.9 Å². The first-order valence-electron chi connectivity index (χ1n) is 6.49. The summed E-state index contributed by atoms with van der Waals surface area (Å²) in [6.45, 7) is 1.86. The number of carbonyl (C=O) groups excluding carboxylic acids is 1. The Balaban J connectivity index is 1.94. The number of ether oxygens (including phenoxy) is 1. The number of likely N-dealkylation sites (tertiary alicyclic amines) is 1. The predicted molar refractivity (Wildman–Crippen MR) is 73.7 cm³/mol. The molecular formula is C12H19N5O3. The highest BCUT2D eigenvalue weighted by Crippen LogP contribution is 2.19. The van der Waals surface area contributed by atoms with E-state index in [1.807, 2.05) is 4.90 Å². The lowest BCUT2D eigenvalue weighted by Crippen LogP contribution is -2.43. The molecule has 0 radical (unpaired) electrons. The van der Waals surface area contributed by atoms with Crippen LogP contribution < -0.4 is 21.3 Å². The van der Waals surface area contributed by atoms with Gasteiger partial charge in [0.2, 0.25) is 11.7 Å². The fraction of sp³-hybridized carbons (Fsp3) is 0.583. The third-order valence-electron chi connectivity index (χ3n) is 3.32. The predicted octanol–water partition coefficient (Wildman–Crippen LogP) is -0.860. The van der Waals surface area contributed by atoms with Gasteiger partial charge < -0.3 is 20.8 Å². The number of anilines is 1. The molecule has 2 rings (SSSR count). The lowest BCUT2D eigenvalue weighted by atomic mass is 10.1. The number of amides is 1. The summed E-state index contributed by atoms with van der Waals surface area (Å²) < 4.78 is 5.05. The monoisotopic (exact) mass is 281 g/mol. The van der Waals surface area contributed by atoms with E-state index >= 15 is 0 Å². The fourth-order valence-electron chi connectivity index (χ4n) is 2.33. The molecule has 0 spiro atoms. The lowest BCUT2D eigenvalue weighted by molar-refractivity contribution is -0.119. The molecule has 8 nitrogen and oxygen atoms in total. The molecule has 4 N–H and O–H groups in total. The van der Waals surface area contributed by atoms with E-state index in [1.165, 1.54) is 13.4 Å². The number of nitrogens with one attached hydrogen (secondary N) is 2. The van der Waals surface area contributed by atoms with Gasteiger partial charge in [-0.2, -0.15) is 0 Å². The summed E-state index contributed by atoms with van der Waals surface area (Å²) in [6.07, 6.45) is 3.05. The van der Waals surface area contributed by atoms with Gasteiger partial charge in [-0.3, -0.25) is 14.5 Å². The molecule has 0 unspecified atom stereocenters. The number of nitrogens with zero attached hydrogens (tertiary/aromatic N) is 2. The number of aromatic nitrogens is 2. The van der Waals surface area contributed by atoms with E-state index in [0.717, 1.165) is 25.9 Å². The molecule has 8 heteroatoms. The fourth-order valence-corrected chi connectivity index (χ4v) is 2.33. The van der Waals surface area contributed by atoms with Gasteiger partial charge in [0.05, 0.1) is 20.0 Å². The molecule has 1 fully saturated rings. The summed E-state index contributed by atoms with van der Waals surface area (Å²) in [5.41, 5.74) is 4.87. The maximum atomic E-state index is 11.6. The van der Waals surface area contributed by atoms with E-state index in [4.69, 9.17) is 10.5 Å². The molecule has 0 bridgehead atoms. The smallest absolute Gasteiger partial charge is 0.295 e. The first-order chi connectivity index (χ1) is 9.60. The molecule has 0 aromatic carbocycles. The molecule has 1 aromatic heterocycles. The maximum Gasteiger partial charge on any atom is 0.295 e. The Bertz CT molecular complexity index is 522. The number of piperidine rings is 1. The van der Waals surface area contributed by atoms with E-state index < -0.39 is 0 Å². The maximum absolute atomic E-state index is 11.6.